The molecule has 0 saturated carbocycles. The molecule has 0 aliphatic heterocycles. The number of aliphatic hydroxyl groups excluding tert-OH is 1. The zero-order chi connectivity index (χ0) is 22.9. The average Bonchev–Trinajstić information content (AvgIpc) is 3.42. The Morgan fingerprint density at radius 3 is 2.73 bits per heavy atom. The molecule has 1 unspecified atom stereocenters. The van der Waals surface area contributed by atoms with Gasteiger partial charge in [-0.25, -0.2) is 19.6 Å². The molecule has 0 amide bonds. The van der Waals surface area contributed by atoms with Crippen LogP contribution in [0, 0.1) is 18.3 Å². The molecule has 4 aromatic heterocycles. The second-order valence-corrected chi connectivity index (χ2v) is 7.36. The molecule has 2 N–H and O–H groups in total. The van der Waals surface area contributed by atoms with Crippen LogP contribution in [0.4, 0.5) is 11.6 Å². The maximum absolute atomic E-state index is 10.3. The van der Waals surface area contributed by atoms with Gasteiger partial charge >= 0.3 is 0 Å². The molecule has 0 radical (unpaired) electrons. The summed E-state index contributed by atoms with van der Waals surface area (Å²) >= 11 is 0. The maximum atomic E-state index is 10.3. The van der Waals surface area contributed by atoms with Crippen LogP contribution in [0.5, 0.6) is 0 Å². The molecule has 0 aliphatic carbocycles. The Labute approximate surface area is 188 Å². The van der Waals surface area contributed by atoms with Crippen LogP contribution >= 0.6 is 0 Å². The lowest BCUT2D eigenvalue weighted by Crippen LogP contribution is -2.10. The summed E-state index contributed by atoms with van der Waals surface area (Å²) < 4.78 is 3.41. The van der Waals surface area contributed by atoms with Crippen molar-refractivity contribution in [3.63, 3.8) is 0 Å². The molecule has 5 aromatic rings. The van der Waals surface area contributed by atoms with Gasteiger partial charge in [0.25, 0.3) is 0 Å². The van der Waals surface area contributed by atoms with Gasteiger partial charge in [-0.05, 0) is 50.2 Å². The summed E-state index contributed by atoms with van der Waals surface area (Å²) in [6.07, 6.45) is 3.98. The van der Waals surface area contributed by atoms with Crippen LogP contribution in [-0.4, -0.2) is 44.6 Å². The zero-order valence-corrected chi connectivity index (χ0v) is 17.7. The molecule has 1 atom stereocenters. The predicted molar refractivity (Wildman–Crippen MR) is 119 cm³/mol. The SMILES string of the molecule is Cc1cc(C#N)nn1-c1nc(-n2cnc3cc(Nc4nccnn4)ccc32)ccc1C(C)O. The minimum Gasteiger partial charge on any atom is -0.389 e. The molecule has 1 aromatic carbocycles. The molecule has 0 spiro atoms. The number of hydrogen-bond donors (Lipinski definition) is 2. The fourth-order valence-corrected chi connectivity index (χ4v) is 3.53. The third-order valence-corrected chi connectivity index (χ3v) is 5.08. The molecule has 0 aliphatic rings. The number of aliphatic hydroxyl groups is 1. The second-order valence-electron chi connectivity index (χ2n) is 7.36. The van der Waals surface area contributed by atoms with Crippen LogP contribution < -0.4 is 5.32 Å². The van der Waals surface area contributed by atoms with E-state index in [4.69, 9.17) is 4.98 Å². The van der Waals surface area contributed by atoms with Crippen molar-refractivity contribution in [3.8, 4) is 17.7 Å². The van der Waals surface area contributed by atoms with E-state index in [0.717, 1.165) is 22.4 Å². The fraction of sp³-hybridized carbons (Fsp3) is 0.136. The lowest BCUT2D eigenvalue weighted by atomic mass is 10.1. The highest BCUT2D eigenvalue weighted by atomic mass is 16.3. The van der Waals surface area contributed by atoms with Gasteiger partial charge < -0.3 is 10.4 Å². The predicted octanol–water partition coefficient (Wildman–Crippen LogP) is 2.77. The molecule has 4 heterocycles. The molecular weight excluding hydrogens is 420 g/mol. The number of hydrogen-bond acceptors (Lipinski definition) is 9. The first kappa shape index (κ1) is 20.2. The number of imidazole rings is 1. The van der Waals surface area contributed by atoms with E-state index >= 15 is 0 Å². The van der Waals surface area contributed by atoms with E-state index in [1.165, 1.54) is 6.20 Å². The number of nitrogens with zero attached hydrogens (tertiary/aromatic N) is 9. The van der Waals surface area contributed by atoms with E-state index < -0.39 is 6.10 Å². The van der Waals surface area contributed by atoms with Gasteiger partial charge in [0.2, 0.25) is 5.95 Å². The Balaban J connectivity index is 1.57. The Bertz CT molecular complexity index is 1500. The van der Waals surface area contributed by atoms with Gasteiger partial charge in [0.15, 0.2) is 11.5 Å². The summed E-state index contributed by atoms with van der Waals surface area (Å²) in [6.45, 7) is 3.50. The molecule has 11 nitrogen and oxygen atoms in total. The number of fused-ring (bicyclic) bond motifs is 1. The number of pyridine rings is 1. The molecule has 0 bridgehead atoms. The normalized spacial score (nSPS) is 11.9. The van der Waals surface area contributed by atoms with E-state index in [2.05, 4.69) is 30.6 Å². The van der Waals surface area contributed by atoms with Crippen molar-refractivity contribution in [2.45, 2.75) is 20.0 Å². The summed E-state index contributed by atoms with van der Waals surface area (Å²) in [7, 11) is 0. The number of anilines is 2. The summed E-state index contributed by atoms with van der Waals surface area (Å²) in [5.41, 5.74) is 3.97. The third-order valence-electron chi connectivity index (χ3n) is 5.08. The van der Waals surface area contributed by atoms with Crippen LogP contribution in [0.2, 0.25) is 0 Å². The Morgan fingerprint density at radius 1 is 1.12 bits per heavy atom. The first-order valence-corrected chi connectivity index (χ1v) is 10.1. The second kappa shape index (κ2) is 8.10. The summed E-state index contributed by atoms with van der Waals surface area (Å²) in [5.74, 6) is 1.44. The Kier molecular flexibility index (Phi) is 4.96. The van der Waals surface area contributed by atoms with E-state index in [9.17, 15) is 10.4 Å². The number of benzene rings is 1. The van der Waals surface area contributed by atoms with E-state index in [0.29, 0.717) is 23.1 Å². The minimum absolute atomic E-state index is 0.280. The van der Waals surface area contributed by atoms with Gasteiger partial charge in [-0.15, -0.1) is 5.10 Å². The number of aryl methyl sites for hydroxylation is 1. The van der Waals surface area contributed by atoms with Crippen molar-refractivity contribution < 1.29 is 5.11 Å². The van der Waals surface area contributed by atoms with Crippen LogP contribution in [0.3, 0.4) is 0 Å². The largest absolute Gasteiger partial charge is 0.389 e. The van der Waals surface area contributed by atoms with Crippen molar-refractivity contribution in [1.29, 1.82) is 5.26 Å². The monoisotopic (exact) mass is 438 g/mol. The van der Waals surface area contributed by atoms with Crippen molar-refractivity contribution in [2.75, 3.05) is 5.32 Å². The highest BCUT2D eigenvalue weighted by Crippen LogP contribution is 2.26. The van der Waals surface area contributed by atoms with Gasteiger partial charge in [-0.2, -0.15) is 15.5 Å². The van der Waals surface area contributed by atoms with Gasteiger partial charge in [0.05, 0.1) is 29.5 Å². The molecule has 33 heavy (non-hydrogen) atoms. The number of nitrogens with one attached hydrogen (secondary N) is 1. The Morgan fingerprint density at radius 2 is 2.00 bits per heavy atom. The first-order chi connectivity index (χ1) is 16.0. The molecule has 5 rings (SSSR count). The lowest BCUT2D eigenvalue weighted by Gasteiger charge is -2.14. The molecule has 162 valence electrons. The van der Waals surface area contributed by atoms with Crippen molar-refractivity contribution in [3.05, 3.63) is 72.1 Å². The third kappa shape index (κ3) is 3.75. The van der Waals surface area contributed by atoms with Crippen LogP contribution in [0.1, 0.15) is 30.0 Å². The smallest absolute Gasteiger partial charge is 0.247 e. The summed E-state index contributed by atoms with van der Waals surface area (Å²) in [5, 5.41) is 34.6. The molecule has 0 fully saturated rings. The fourth-order valence-electron chi connectivity index (χ4n) is 3.53. The average molecular weight is 438 g/mol. The van der Waals surface area contributed by atoms with Gasteiger partial charge in [-0.1, -0.05) is 0 Å². The summed E-state index contributed by atoms with van der Waals surface area (Å²) in [6, 6.07) is 13.0. The highest BCUT2D eigenvalue weighted by molar-refractivity contribution is 5.81. The topological polar surface area (TPSA) is 143 Å². The van der Waals surface area contributed by atoms with Crippen molar-refractivity contribution >= 4 is 22.7 Å². The van der Waals surface area contributed by atoms with E-state index in [1.807, 2.05) is 41.8 Å². The minimum atomic E-state index is -0.765. The lowest BCUT2D eigenvalue weighted by molar-refractivity contribution is 0.198. The standard InChI is InChI=1S/C22H18N10O/c1-13-9-16(11-23)30-32(13)21-17(14(2)33)4-6-20(28-21)31-12-25-18-10-15(3-5-19(18)31)27-22-24-7-8-26-29-22/h3-10,12,14,33H,1-2H3,(H,24,27,29). The molecule has 0 saturated heterocycles. The maximum Gasteiger partial charge on any atom is 0.247 e. The van der Waals surface area contributed by atoms with Crippen molar-refractivity contribution in [2.24, 2.45) is 0 Å². The highest BCUT2D eigenvalue weighted by Gasteiger charge is 2.17. The molecule has 11 heteroatoms. The quantitative estimate of drug-likeness (QED) is 0.423. The number of nitriles is 1. The van der Waals surface area contributed by atoms with E-state index in [-0.39, 0.29) is 5.69 Å². The van der Waals surface area contributed by atoms with Crippen molar-refractivity contribution in [1.82, 2.24) is 39.5 Å². The molecular formula is C22H18N10O. The van der Waals surface area contributed by atoms with Crippen LogP contribution in [-0.2, 0) is 0 Å². The van der Waals surface area contributed by atoms with Gasteiger partial charge in [0.1, 0.15) is 18.2 Å². The van der Waals surface area contributed by atoms with Crippen LogP contribution in [0.25, 0.3) is 22.7 Å². The van der Waals surface area contributed by atoms with Gasteiger partial charge in [0, 0.05) is 16.9 Å². The zero-order valence-electron chi connectivity index (χ0n) is 17.7. The number of aromatic nitrogens is 8. The van der Waals surface area contributed by atoms with Gasteiger partial charge in [-0.3, -0.25) is 4.57 Å². The summed E-state index contributed by atoms with van der Waals surface area (Å²) in [4.78, 5) is 13.4. The number of rotatable bonds is 5. The first-order valence-electron chi connectivity index (χ1n) is 10.1. The van der Waals surface area contributed by atoms with Crippen LogP contribution in [0.15, 0.2) is 55.1 Å². The Hall–Kier alpha value is -4.69. The van der Waals surface area contributed by atoms with E-state index in [1.54, 1.807) is 36.3 Å².